The Labute approximate surface area is 293 Å². The Morgan fingerprint density at radius 1 is 0.653 bits per heavy atom. The second-order valence-corrected chi connectivity index (χ2v) is 13.3. The second-order valence-electron chi connectivity index (χ2n) is 13.3. The van der Waals surface area contributed by atoms with Gasteiger partial charge in [0.25, 0.3) is 0 Å². The van der Waals surface area contributed by atoms with E-state index in [1.54, 1.807) is 0 Å². The van der Waals surface area contributed by atoms with Crippen molar-refractivity contribution in [3.05, 3.63) is 174 Å². The fraction of sp³-hybridized carbons (Fsp3) is 0.239. The molecule has 0 radical (unpaired) electrons. The third-order valence-corrected chi connectivity index (χ3v) is 9.95. The number of aromatic nitrogens is 1. The zero-order valence-electron chi connectivity index (χ0n) is 28.9. The van der Waals surface area contributed by atoms with Gasteiger partial charge in [-0.15, -0.1) is 0 Å². The number of anilines is 1. The van der Waals surface area contributed by atoms with Gasteiger partial charge in [-0.05, 0) is 91.6 Å². The highest BCUT2D eigenvalue weighted by atomic mass is 15.2. The number of unbranched alkanes of at least 4 members (excludes halogenated alkanes) is 1. The van der Waals surface area contributed by atoms with Crippen LogP contribution in [0.5, 0.6) is 0 Å². The average Bonchev–Trinajstić information content (AvgIpc) is 3.18. The van der Waals surface area contributed by atoms with Crippen LogP contribution in [0.3, 0.4) is 0 Å². The molecule has 3 aliphatic rings. The Bertz CT molecular complexity index is 1910. The van der Waals surface area contributed by atoms with E-state index in [0.717, 1.165) is 54.6 Å². The predicted molar refractivity (Wildman–Crippen MR) is 208 cm³/mol. The van der Waals surface area contributed by atoms with E-state index >= 15 is 0 Å². The summed E-state index contributed by atoms with van der Waals surface area (Å²) in [5, 5.41) is 0. The van der Waals surface area contributed by atoms with Crippen LogP contribution in [-0.4, -0.2) is 29.0 Å². The molecule has 49 heavy (non-hydrogen) atoms. The quantitative estimate of drug-likeness (QED) is 0.162. The smallest absolute Gasteiger partial charge is 0.0715 e. The summed E-state index contributed by atoms with van der Waals surface area (Å²) in [6, 6.07) is 35.5. The summed E-state index contributed by atoms with van der Waals surface area (Å²) in [5.41, 5.74) is 12.0. The van der Waals surface area contributed by atoms with Crippen LogP contribution in [-0.2, 0) is 6.42 Å². The van der Waals surface area contributed by atoms with Crippen LogP contribution in [0.2, 0.25) is 0 Å². The first-order valence-electron chi connectivity index (χ1n) is 18.0. The van der Waals surface area contributed by atoms with Gasteiger partial charge in [0.15, 0.2) is 0 Å². The summed E-state index contributed by atoms with van der Waals surface area (Å²) in [4.78, 5) is 10.1. The van der Waals surface area contributed by atoms with Crippen LogP contribution in [0.1, 0.15) is 56.6 Å². The molecule has 2 atom stereocenters. The maximum absolute atomic E-state index is 5.17. The molecule has 0 fully saturated rings. The first kappa shape index (κ1) is 32.4. The van der Waals surface area contributed by atoms with Gasteiger partial charge in [0.1, 0.15) is 0 Å². The summed E-state index contributed by atoms with van der Waals surface area (Å²) in [7, 11) is 2.18. The highest BCUT2D eigenvalue weighted by Gasteiger charge is 2.26. The summed E-state index contributed by atoms with van der Waals surface area (Å²) in [5.74, 6) is 0. The molecule has 1 heterocycles. The molecule has 1 aromatic heterocycles. The molecule has 0 aliphatic heterocycles. The van der Waals surface area contributed by atoms with Crippen LogP contribution in [0.15, 0.2) is 163 Å². The molecular formula is C46H47N3. The minimum atomic E-state index is 0.253. The molecule has 0 spiro atoms. The number of aryl methyl sites for hydroxylation is 1. The molecule has 3 aliphatic carbocycles. The van der Waals surface area contributed by atoms with E-state index in [9.17, 15) is 0 Å². The highest BCUT2D eigenvalue weighted by molar-refractivity contribution is 5.81. The molecule has 0 N–H and O–H groups in total. The lowest BCUT2D eigenvalue weighted by molar-refractivity contribution is 0.530. The third kappa shape index (κ3) is 7.62. The van der Waals surface area contributed by atoms with Gasteiger partial charge < -0.3 is 9.80 Å². The third-order valence-electron chi connectivity index (χ3n) is 9.95. The molecule has 0 saturated heterocycles. The topological polar surface area (TPSA) is 19.4 Å². The average molecular weight is 642 g/mol. The number of allylic oxidation sites excluding steroid dienone is 6. The number of rotatable bonds is 11. The Hall–Kier alpha value is -5.15. The Morgan fingerprint density at radius 2 is 1.31 bits per heavy atom. The molecular weight excluding hydrogens is 595 g/mol. The van der Waals surface area contributed by atoms with E-state index in [1.807, 2.05) is 0 Å². The Morgan fingerprint density at radius 3 is 1.92 bits per heavy atom. The maximum atomic E-state index is 5.17. The van der Waals surface area contributed by atoms with Gasteiger partial charge in [-0.3, -0.25) is 0 Å². The van der Waals surface area contributed by atoms with Crippen LogP contribution >= 0.6 is 0 Å². The van der Waals surface area contributed by atoms with Crippen molar-refractivity contribution >= 4 is 11.3 Å². The zero-order valence-corrected chi connectivity index (χ0v) is 28.9. The van der Waals surface area contributed by atoms with Crippen LogP contribution < -0.4 is 4.90 Å². The molecule has 3 aromatic carbocycles. The van der Waals surface area contributed by atoms with Crippen molar-refractivity contribution in [1.29, 1.82) is 0 Å². The number of pyridine rings is 1. The number of benzene rings is 3. The first-order chi connectivity index (χ1) is 24.2. The van der Waals surface area contributed by atoms with Crippen LogP contribution in [0, 0.1) is 0 Å². The van der Waals surface area contributed by atoms with E-state index in [-0.39, 0.29) is 12.1 Å². The van der Waals surface area contributed by atoms with Crippen molar-refractivity contribution < 1.29 is 0 Å². The molecule has 1 unspecified atom stereocenters. The van der Waals surface area contributed by atoms with Crippen molar-refractivity contribution in [2.24, 2.45) is 0 Å². The molecule has 0 bridgehead atoms. The first-order valence-corrected chi connectivity index (χ1v) is 18.0. The number of likely N-dealkylation sites (N-methyl/N-ethyl adjacent to an activating group) is 1. The van der Waals surface area contributed by atoms with Crippen molar-refractivity contribution in [2.45, 2.75) is 64.0 Å². The minimum absolute atomic E-state index is 0.253. The summed E-state index contributed by atoms with van der Waals surface area (Å²) < 4.78 is 0. The van der Waals surface area contributed by atoms with E-state index in [1.165, 1.54) is 46.6 Å². The van der Waals surface area contributed by atoms with E-state index in [2.05, 4.69) is 176 Å². The van der Waals surface area contributed by atoms with Crippen LogP contribution in [0.4, 0.5) is 5.69 Å². The predicted octanol–water partition coefficient (Wildman–Crippen LogP) is 11.4. The van der Waals surface area contributed by atoms with Gasteiger partial charge in [0.2, 0.25) is 0 Å². The standard InChI is InChI=1S/C46H47N3/c1-3-4-14-35-21-23-38(24-22-35)46-34-39(33-45(47-46)37-15-8-5-9-16-37)36-25-27-43(28-26-36)49(42-19-12-7-13-20-42)44-31-29-41(30-32-44)48(2)40-17-10-6-11-18-40/h5,7-10,12-13,15-27,29-31,33-34,43-44H,3-4,6,11,14,28,32H2,1-2H3/t43-,44?/m1/s1. The fourth-order valence-corrected chi connectivity index (χ4v) is 7.13. The number of hydrogen-bond acceptors (Lipinski definition) is 3. The van der Waals surface area contributed by atoms with Crippen molar-refractivity contribution in [1.82, 2.24) is 9.88 Å². The molecule has 246 valence electrons. The van der Waals surface area contributed by atoms with Gasteiger partial charge >= 0.3 is 0 Å². The molecule has 0 amide bonds. The van der Waals surface area contributed by atoms with Crippen molar-refractivity contribution in [3.8, 4) is 22.5 Å². The lowest BCUT2D eigenvalue weighted by atomic mass is 9.92. The maximum Gasteiger partial charge on any atom is 0.0715 e. The Balaban J connectivity index is 1.15. The largest absolute Gasteiger partial charge is 0.358 e. The fourth-order valence-electron chi connectivity index (χ4n) is 7.13. The molecule has 3 heteroatoms. The number of para-hydroxylation sites is 1. The van der Waals surface area contributed by atoms with E-state index in [0.29, 0.717) is 0 Å². The molecule has 7 rings (SSSR count). The summed E-state index contributed by atoms with van der Waals surface area (Å²) in [6.07, 6.45) is 28.8. The van der Waals surface area contributed by atoms with Gasteiger partial charge in [-0.25, -0.2) is 4.98 Å². The summed E-state index contributed by atoms with van der Waals surface area (Å²) >= 11 is 0. The van der Waals surface area contributed by atoms with Gasteiger partial charge in [0.05, 0.1) is 23.5 Å². The zero-order chi connectivity index (χ0) is 33.4. The number of hydrogen-bond donors (Lipinski definition) is 0. The van der Waals surface area contributed by atoms with Gasteiger partial charge in [0, 0.05) is 35.3 Å². The van der Waals surface area contributed by atoms with E-state index < -0.39 is 0 Å². The van der Waals surface area contributed by atoms with Crippen molar-refractivity contribution in [2.75, 3.05) is 11.9 Å². The SMILES string of the molecule is CCCCc1ccc(-c2cc(C3=CC[C@H](N(c4ccccc4)C4C=CC(N(C)C5=CCCC=C5)=CC4)C=C3)cc(-c3ccccc3)n2)cc1. The Kier molecular flexibility index (Phi) is 10.2. The normalized spacial score (nSPS) is 18.4. The molecule has 3 nitrogen and oxygen atoms in total. The molecule has 0 saturated carbocycles. The molecule has 4 aromatic rings. The second kappa shape index (κ2) is 15.4. The lowest BCUT2D eigenvalue weighted by Crippen LogP contribution is -2.42. The van der Waals surface area contributed by atoms with Gasteiger partial charge in [-0.2, -0.15) is 0 Å². The van der Waals surface area contributed by atoms with Crippen molar-refractivity contribution in [3.63, 3.8) is 0 Å². The highest BCUT2D eigenvalue weighted by Crippen LogP contribution is 2.34. The lowest BCUT2D eigenvalue weighted by Gasteiger charge is -2.39. The number of nitrogens with zero attached hydrogens (tertiary/aromatic N) is 3. The van der Waals surface area contributed by atoms with Crippen LogP contribution in [0.25, 0.3) is 28.1 Å². The minimum Gasteiger partial charge on any atom is -0.358 e. The summed E-state index contributed by atoms with van der Waals surface area (Å²) in [6.45, 7) is 2.25. The van der Waals surface area contributed by atoms with E-state index in [4.69, 9.17) is 4.98 Å². The van der Waals surface area contributed by atoms with Gasteiger partial charge in [-0.1, -0.05) is 129 Å². The monoisotopic (exact) mass is 641 g/mol.